The van der Waals surface area contributed by atoms with Crippen molar-refractivity contribution >= 4 is 11.7 Å². The van der Waals surface area contributed by atoms with Crippen molar-refractivity contribution in [3.8, 4) is 11.1 Å². The van der Waals surface area contributed by atoms with Gasteiger partial charge in [-0.2, -0.15) is 0 Å². The summed E-state index contributed by atoms with van der Waals surface area (Å²) in [5, 5.41) is 9.16. The second kappa shape index (κ2) is 4.29. The Morgan fingerprint density at radius 1 is 1.12 bits per heavy atom. The maximum absolute atomic E-state index is 11.2. The first-order valence-corrected chi connectivity index (χ1v) is 5.28. The summed E-state index contributed by atoms with van der Waals surface area (Å²) in [6.45, 7) is 1.94. The zero-order chi connectivity index (χ0) is 12.4. The third-order valence-electron chi connectivity index (χ3n) is 2.71. The number of nitrogen functional groups attached to an aromatic ring is 1. The van der Waals surface area contributed by atoms with Gasteiger partial charge in [0.1, 0.15) is 0 Å². The van der Waals surface area contributed by atoms with Gasteiger partial charge in [-0.05, 0) is 41.8 Å². The number of rotatable bonds is 2. The van der Waals surface area contributed by atoms with Gasteiger partial charge in [-0.15, -0.1) is 0 Å². The number of hydrogen-bond donors (Lipinski definition) is 2. The molecule has 17 heavy (non-hydrogen) atoms. The lowest BCUT2D eigenvalue weighted by Crippen LogP contribution is -2.00. The Balaban J connectivity index is 2.68. The van der Waals surface area contributed by atoms with Gasteiger partial charge < -0.3 is 10.8 Å². The van der Waals surface area contributed by atoms with Gasteiger partial charge in [-0.25, -0.2) is 4.79 Å². The van der Waals surface area contributed by atoms with Crippen LogP contribution in [0.25, 0.3) is 11.1 Å². The van der Waals surface area contributed by atoms with Gasteiger partial charge in [0, 0.05) is 5.69 Å². The van der Waals surface area contributed by atoms with E-state index in [-0.39, 0.29) is 0 Å². The molecule has 2 aromatic rings. The molecule has 0 saturated carbocycles. The fraction of sp³-hybridized carbons (Fsp3) is 0.0714. The predicted molar refractivity (Wildman–Crippen MR) is 68.0 cm³/mol. The smallest absolute Gasteiger partial charge is 0.336 e. The molecule has 0 aromatic heterocycles. The van der Waals surface area contributed by atoms with Crippen LogP contribution >= 0.6 is 0 Å². The Labute approximate surface area is 99.5 Å². The topological polar surface area (TPSA) is 63.3 Å². The molecule has 86 valence electrons. The lowest BCUT2D eigenvalue weighted by molar-refractivity contribution is 0.0698. The van der Waals surface area contributed by atoms with Crippen molar-refractivity contribution in [2.75, 3.05) is 5.73 Å². The van der Waals surface area contributed by atoms with Crippen LogP contribution < -0.4 is 5.73 Å². The Bertz CT molecular complexity index is 576. The minimum Gasteiger partial charge on any atom is -0.478 e. The summed E-state index contributed by atoms with van der Waals surface area (Å²) in [6.07, 6.45) is 0. The molecular weight excluding hydrogens is 214 g/mol. The molecule has 0 aliphatic carbocycles. The molecular formula is C14H13NO2. The van der Waals surface area contributed by atoms with Gasteiger partial charge in [-0.1, -0.05) is 24.3 Å². The van der Waals surface area contributed by atoms with E-state index in [0.29, 0.717) is 16.8 Å². The van der Waals surface area contributed by atoms with E-state index >= 15 is 0 Å². The van der Waals surface area contributed by atoms with Gasteiger partial charge in [0.05, 0.1) is 5.56 Å². The van der Waals surface area contributed by atoms with E-state index in [4.69, 9.17) is 10.8 Å². The fourth-order valence-electron chi connectivity index (χ4n) is 1.83. The van der Waals surface area contributed by atoms with E-state index in [1.165, 1.54) is 0 Å². The van der Waals surface area contributed by atoms with Crippen LogP contribution in [0.2, 0.25) is 0 Å². The number of anilines is 1. The zero-order valence-corrected chi connectivity index (χ0v) is 9.47. The minimum atomic E-state index is -0.928. The summed E-state index contributed by atoms with van der Waals surface area (Å²) < 4.78 is 0. The quantitative estimate of drug-likeness (QED) is 0.775. The zero-order valence-electron chi connectivity index (χ0n) is 9.47. The van der Waals surface area contributed by atoms with Crippen LogP contribution in [-0.4, -0.2) is 11.1 Å². The number of hydrogen-bond acceptors (Lipinski definition) is 2. The number of aromatic carboxylic acids is 1. The first-order chi connectivity index (χ1) is 8.09. The standard InChI is InChI=1S/C14H13NO2/c1-9-6-7-10(15)8-13(9)11-4-2-3-5-12(11)14(16)17/h2-8H,15H2,1H3,(H,16,17). The monoisotopic (exact) mass is 227 g/mol. The molecule has 0 aliphatic heterocycles. The Morgan fingerprint density at radius 2 is 1.82 bits per heavy atom. The number of benzene rings is 2. The lowest BCUT2D eigenvalue weighted by Gasteiger charge is -2.10. The van der Waals surface area contributed by atoms with Crippen molar-refractivity contribution < 1.29 is 9.90 Å². The average molecular weight is 227 g/mol. The van der Waals surface area contributed by atoms with Gasteiger partial charge in [0.15, 0.2) is 0 Å². The molecule has 0 spiro atoms. The van der Waals surface area contributed by atoms with Crippen LogP contribution in [0.15, 0.2) is 42.5 Å². The maximum atomic E-state index is 11.2. The van der Waals surface area contributed by atoms with Crippen LogP contribution in [0.4, 0.5) is 5.69 Å². The maximum Gasteiger partial charge on any atom is 0.336 e. The Kier molecular flexibility index (Phi) is 2.83. The molecule has 0 saturated heterocycles. The molecule has 0 unspecified atom stereocenters. The highest BCUT2D eigenvalue weighted by molar-refractivity contribution is 5.96. The van der Waals surface area contributed by atoms with E-state index in [0.717, 1.165) is 11.1 Å². The van der Waals surface area contributed by atoms with Crippen molar-refractivity contribution in [3.63, 3.8) is 0 Å². The van der Waals surface area contributed by atoms with Crippen LogP contribution in [-0.2, 0) is 0 Å². The highest BCUT2D eigenvalue weighted by Gasteiger charge is 2.12. The largest absolute Gasteiger partial charge is 0.478 e. The summed E-state index contributed by atoms with van der Waals surface area (Å²) in [7, 11) is 0. The highest BCUT2D eigenvalue weighted by atomic mass is 16.4. The van der Waals surface area contributed by atoms with Crippen LogP contribution in [0.1, 0.15) is 15.9 Å². The third-order valence-corrected chi connectivity index (χ3v) is 2.71. The molecule has 0 bridgehead atoms. The molecule has 0 atom stereocenters. The van der Waals surface area contributed by atoms with Crippen molar-refractivity contribution in [2.45, 2.75) is 6.92 Å². The van der Waals surface area contributed by atoms with Crippen molar-refractivity contribution in [3.05, 3.63) is 53.6 Å². The summed E-state index contributed by atoms with van der Waals surface area (Å²) in [6, 6.07) is 12.4. The molecule has 0 radical (unpaired) electrons. The van der Waals surface area contributed by atoms with E-state index in [2.05, 4.69) is 0 Å². The molecule has 0 heterocycles. The summed E-state index contributed by atoms with van der Waals surface area (Å²) in [5.41, 5.74) is 9.24. The molecule has 2 aromatic carbocycles. The first-order valence-electron chi connectivity index (χ1n) is 5.28. The predicted octanol–water partition coefficient (Wildman–Crippen LogP) is 2.94. The second-order valence-electron chi connectivity index (χ2n) is 3.93. The summed E-state index contributed by atoms with van der Waals surface area (Å²) >= 11 is 0. The highest BCUT2D eigenvalue weighted by Crippen LogP contribution is 2.28. The third kappa shape index (κ3) is 2.13. The lowest BCUT2D eigenvalue weighted by atomic mass is 9.95. The molecule has 3 heteroatoms. The first kappa shape index (κ1) is 11.2. The number of carbonyl (C=O) groups is 1. The van der Waals surface area contributed by atoms with E-state index in [9.17, 15) is 4.79 Å². The normalized spacial score (nSPS) is 10.2. The SMILES string of the molecule is Cc1ccc(N)cc1-c1ccccc1C(=O)O. The summed E-state index contributed by atoms with van der Waals surface area (Å²) in [4.78, 5) is 11.2. The summed E-state index contributed by atoms with van der Waals surface area (Å²) in [5.74, 6) is -0.928. The van der Waals surface area contributed by atoms with E-state index in [1.54, 1.807) is 24.3 Å². The fourth-order valence-corrected chi connectivity index (χ4v) is 1.83. The van der Waals surface area contributed by atoms with Gasteiger partial charge in [-0.3, -0.25) is 0 Å². The van der Waals surface area contributed by atoms with E-state index in [1.807, 2.05) is 25.1 Å². The van der Waals surface area contributed by atoms with Crippen LogP contribution in [0.3, 0.4) is 0 Å². The van der Waals surface area contributed by atoms with Crippen molar-refractivity contribution in [1.29, 1.82) is 0 Å². The molecule has 3 nitrogen and oxygen atoms in total. The molecule has 0 aliphatic rings. The molecule has 2 rings (SSSR count). The van der Waals surface area contributed by atoms with Gasteiger partial charge in [0.25, 0.3) is 0 Å². The molecule has 3 N–H and O–H groups in total. The van der Waals surface area contributed by atoms with E-state index < -0.39 is 5.97 Å². The average Bonchev–Trinajstić information content (AvgIpc) is 2.32. The van der Waals surface area contributed by atoms with Crippen molar-refractivity contribution in [2.24, 2.45) is 0 Å². The van der Waals surface area contributed by atoms with Crippen LogP contribution in [0.5, 0.6) is 0 Å². The number of carboxylic acid groups (broad SMARTS) is 1. The van der Waals surface area contributed by atoms with Gasteiger partial charge in [0.2, 0.25) is 0 Å². The Morgan fingerprint density at radius 3 is 2.53 bits per heavy atom. The van der Waals surface area contributed by atoms with Crippen LogP contribution in [0, 0.1) is 6.92 Å². The van der Waals surface area contributed by atoms with Crippen molar-refractivity contribution in [1.82, 2.24) is 0 Å². The minimum absolute atomic E-state index is 0.293. The molecule has 0 fully saturated rings. The Hall–Kier alpha value is -2.29. The number of carboxylic acids is 1. The van der Waals surface area contributed by atoms with Gasteiger partial charge >= 0.3 is 5.97 Å². The number of nitrogens with two attached hydrogens (primary N) is 1. The molecule has 0 amide bonds. The number of aryl methyl sites for hydroxylation is 1. The second-order valence-corrected chi connectivity index (χ2v) is 3.93.